The van der Waals surface area contributed by atoms with Gasteiger partial charge in [0, 0.05) is 19.1 Å². The standard InChI is InChI=1S/C13H19BrN2O4S2/c1-13(2,3)20-12(17)15-9-6-7-16(8-9)22(18,19)11-5-4-10(14)21-11/h4-5,9H,6-8H2,1-3H3,(H,15,17)/t9-/m0/s1. The molecule has 0 unspecified atom stereocenters. The van der Waals surface area contributed by atoms with E-state index in [0.29, 0.717) is 17.2 Å². The van der Waals surface area contributed by atoms with E-state index >= 15 is 0 Å². The van der Waals surface area contributed by atoms with E-state index in [9.17, 15) is 13.2 Å². The Kier molecular flexibility index (Phi) is 5.20. The lowest BCUT2D eigenvalue weighted by Crippen LogP contribution is -2.41. The largest absolute Gasteiger partial charge is 0.444 e. The molecule has 0 bridgehead atoms. The zero-order valence-electron chi connectivity index (χ0n) is 12.6. The van der Waals surface area contributed by atoms with E-state index < -0.39 is 21.7 Å². The molecule has 0 aliphatic carbocycles. The minimum atomic E-state index is -3.49. The molecule has 22 heavy (non-hydrogen) atoms. The van der Waals surface area contributed by atoms with Gasteiger partial charge in [0.05, 0.1) is 3.79 Å². The first kappa shape index (κ1) is 17.7. The Morgan fingerprint density at radius 2 is 2.14 bits per heavy atom. The van der Waals surface area contributed by atoms with Crippen molar-refractivity contribution in [2.45, 2.75) is 43.0 Å². The predicted octanol–water partition coefficient (Wildman–Crippen LogP) is 2.80. The summed E-state index contributed by atoms with van der Waals surface area (Å²) in [6.07, 6.45) is 0.0565. The molecule has 0 spiro atoms. The highest BCUT2D eigenvalue weighted by Crippen LogP contribution is 2.30. The molecule has 2 rings (SSSR count). The number of nitrogens with one attached hydrogen (secondary N) is 1. The van der Waals surface area contributed by atoms with Gasteiger partial charge in [0.1, 0.15) is 9.81 Å². The highest BCUT2D eigenvalue weighted by atomic mass is 79.9. The van der Waals surface area contributed by atoms with Crippen LogP contribution in [-0.2, 0) is 14.8 Å². The summed E-state index contributed by atoms with van der Waals surface area (Å²) in [4.78, 5) is 11.7. The normalized spacial score (nSPS) is 20.1. The van der Waals surface area contributed by atoms with Gasteiger partial charge in [0.2, 0.25) is 0 Å². The van der Waals surface area contributed by atoms with Crippen LogP contribution in [0.2, 0.25) is 0 Å². The topological polar surface area (TPSA) is 75.7 Å². The van der Waals surface area contributed by atoms with Gasteiger partial charge in [-0.3, -0.25) is 0 Å². The number of carbonyl (C=O) groups is 1. The highest BCUT2D eigenvalue weighted by Gasteiger charge is 2.34. The number of hydrogen-bond acceptors (Lipinski definition) is 5. The third-order valence-corrected chi connectivity index (χ3v) is 6.97. The number of sulfonamides is 1. The van der Waals surface area contributed by atoms with Gasteiger partial charge >= 0.3 is 6.09 Å². The SMILES string of the molecule is CC(C)(C)OC(=O)N[C@H]1CCN(S(=O)(=O)c2ccc(Br)s2)C1. The summed E-state index contributed by atoms with van der Waals surface area (Å²) in [7, 11) is -3.49. The van der Waals surface area contributed by atoms with Crippen LogP contribution in [0.1, 0.15) is 27.2 Å². The summed E-state index contributed by atoms with van der Waals surface area (Å²) in [5, 5.41) is 2.72. The van der Waals surface area contributed by atoms with Crippen molar-refractivity contribution in [3.8, 4) is 0 Å². The second-order valence-electron chi connectivity index (χ2n) is 6.05. The Bertz CT molecular complexity index is 651. The van der Waals surface area contributed by atoms with Crippen LogP contribution in [-0.4, -0.2) is 43.5 Å². The number of thiophene rings is 1. The third kappa shape index (κ3) is 4.43. The molecule has 0 aromatic carbocycles. The number of ether oxygens (including phenoxy) is 1. The number of amides is 1. The first-order valence-electron chi connectivity index (χ1n) is 6.83. The van der Waals surface area contributed by atoms with Crippen LogP contribution in [0.4, 0.5) is 4.79 Å². The zero-order valence-corrected chi connectivity index (χ0v) is 15.8. The molecule has 1 amide bonds. The number of halogens is 1. The van der Waals surface area contributed by atoms with E-state index in [0.717, 1.165) is 3.79 Å². The lowest BCUT2D eigenvalue weighted by atomic mass is 10.2. The molecular weight excluding hydrogens is 392 g/mol. The number of carbonyl (C=O) groups excluding carboxylic acids is 1. The minimum absolute atomic E-state index is 0.229. The van der Waals surface area contributed by atoms with Crippen molar-refractivity contribution in [2.24, 2.45) is 0 Å². The van der Waals surface area contributed by atoms with E-state index in [4.69, 9.17) is 4.74 Å². The van der Waals surface area contributed by atoms with E-state index in [1.807, 2.05) is 0 Å². The molecule has 1 N–H and O–H groups in total. The first-order chi connectivity index (χ1) is 10.1. The predicted molar refractivity (Wildman–Crippen MR) is 88.6 cm³/mol. The molecule has 1 aromatic rings. The van der Waals surface area contributed by atoms with Gasteiger partial charge in [-0.1, -0.05) is 0 Å². The van der Waals surface area contributed by atoms with Crippen molar-refractivity contribution in [2.75, 3.05) is 13.1 Å². The van der Waals surface area contributed by atoms with Gasteiger partial charge in [-0.25, -0.2) is 13.2 Å². The van der Waals surface area contributed by atoms with Crippen molar-refractivity contribution < 1.29 is 17.9 Å². The van der Waals surface area contributed by atoms with Crippen LogP contribution in [0.25, 0.3) is 0 Å². The van der Waals surface area contributed by atoms with Crippen LogP contribution in [0.15, 0.2) is 20.1 Å². The quantitative estimate of drug-likeness (QED) is 0.830. The van der Waals surface area contributed by atoms with Crippen LogP contribution < -0.4 is 5.32 Å². The minimum Gasteiger partial charge on any atom is -0.444 e. The van der Waals surface area contributed by atoms with E-state index in [1.54, 1.807) is 32.9 Å². The first-order valence-corrected chi connectivity index (χ1v) is 9.88. The van der Waals surface area contributed by atoms with Gasteiger partial charge in [-0.05, 0) is 55.3 Å². The summed E-state index contributed by atoms with van der Waals surface area (Å²) in [6, 6.07) is 3.07. The third-order valence-electron chi connectivity index (χ3n) is 3.01. The van der Waals surface area contributed by atoms with E-state index in [-0.39, 0.29) is 12.6 Å². The summed E-state index contributed by atoms with van der Waals surface area (Å²) in [5.41, 5.74) is -0.572. The van der Waals surface area contributed by atoms with Crippen molar-refractivity contribution in [1.29, 1.82) is 0 Å². The summed E-state index contributed by atoms with van der Waals surface area (Å²) in [5.74, 6) is 0. The lowest BCUT2D eigenvalue weighted by molar-refractivity contribution is 0.0507. The zero-order chi connectivity index (χ0) is 16.5. The number of rotatable bonds is 3. The highest BCUT2D eigenvalue weighted by molar-refractivity contribution is 9.11. The fraction of sp³-hybridized carbons (Fsp3) is 0.615. The fourth-order valence-electron chi connectivity index (χ4n) is 2.10. The lowest BCUT2D eigenvalue weighted by Gasteiger charge is -2.22. The second-order valence-corrected chi connectivity index (χ2v) is 10.7. The molecule has 1 fully saturated rings. The van der Waals surface area contributed by atoms with Crippen molar-refractivity contribution in [3.05, 3.63) is 15.9 Å². The summed E-state index contributed by atoms with van der Waals surface area (Å²) < 4.78 is 32.6. The van der Waals surface area contributed by atoms with Gasteiger partial charge < -0.3 is 10.1 Å². The molecule has 1 atom stereocenters. The Morgan fingerprint density at radius 3 is 2.68 bits per heavy atom. The molecule has 1 aromatic heterocycles. The van der Waals surface area contributed by atoms with Gasteiger partial charge in [-0.2, -0.15) is 4.31 Å². The molecule has 1 saturated heterocycles. The Labute approximate surface area is 143 Å². The molecular formula is C13H19BrN2O4S2. The maximum absolute atomic E-state index is 12.5. The summed E-state index contributed by atoms with van der Waals surface area (Å²) >= 11 is 4.45. The molecule has 0 radical (unpaired) electrons. The molecule has 9 heteroatoms. The maximum Gasteiger partial charge on any atom is 0.407 e. The van der Waals surface area contributed by atoms with E-state index in [1.165, 1.54) is 15.6 Å². The Morgan fingerprint density at radius 1 is 1.45 bits per heavy atom. The molecule has 0 saturated carbocycles. The van der Waals surface area contributed by atoms with E-state index in [2.05, 4.69) is 21.2 Å². The monoisotopic (exact) mass is 410 g/mol. The van der Waals surface area contributed by atoms with Crippen molar-refractivity contribution >= 4 is 43.4 Å². The molecule has 1 aliphatic rings. The number of hydrogen-bond donors (Lipinski definition) is 1. The second kappa shape index (κ2) is 6.46. The fourth-order valence-corrected chi connectivity index (χ4v) is 5.77. The average Bonchev–Trinajstić information content (AvgIpc) is 2.96. The Hall–Kier alpha value is -0.640. The molecule has 2 heterocycles. The van der Waals surface area contributed by atoms with Crippen LogP contribution >= 0.6 is 27.3 Å². The average molecular weight is 411 g/mol. The number of nitrogens with zero attached hydrogens (tertiary/aromatic N) is 1. The molecule has 124 valence electrons. The van der Waals surface area contributed by atoms with Gasteiger partial charge in [-0.15, -0.1) is 11.3 Å². The smallest absolute Gasteiger partial charge is 0.407 e. The number of alkyl carbamates (subject to hydrolysis) is 1. The van der Waals surface area contributed by atoms with Crippen LogP contribution in [0.5, 0.6) is 0 Å². The van der Waals surface area contributed by atoms with Crippen molar-refractivity contribution in [1.82, 2.24) is 9.62 Å². The van der Waals surface area contributed by atoms with Gasteiger partial charge in [0.15, 0.2) is 0 Å². The van der Waals surface area contributed by atoms with Crippen LogP contribution in [0.3, 0.4) is 0 Å². The maximum atomic E-state index is 12.5. The molecule has 1 aliphatic heterocycles. The summed E-state index contributed by atoms with van der Waals surface area (Å²) in [6.45, 7) is 6.00. The molecule has 6 nitrogen and oxygen atoms in total. The van der Waals surface area contributed by atoms with Gasteiger partial charge in [0.25, 0.3) is 10.0 Å². The van der Waals surface area contributed by atoms with Crippen LogP contribution in [0, 0.1) is 0 Å². The van der Waals surface area contributed by atoms with Crippen molar-refractivity contribution in [3.63, 3.8) is 0 Å². The Balaban J connectivity index is 1.97.